The van der Waals surface area contributed by atoms with E-state index < -0.39 is 6.29 Å². The van der Waals surface area contributed by atoms with Crippen LogP contribution in [0.25, 0.3) is 0 Å². The molecule has 0 amide bonds. The molecule has 1 aliphatic rings. The van der Waals surface area contributed by atoms with E-state index in [4.69, 9.17) is 4.74 Å². The lowest BCUT2D eigenvalue weighted by atomic mass is 9.98. The molecule has 1 atom stereocenters. The van der Waals surface area contributed by atoms with Crippen molar-refractivity contribution in [3.63, 3.8) is 0 Å². The van der Waals surface area contributed by atoms with Crippen LogP contribution < -0.4 is 0 Å². The van der Waals surface area contributed by atoms with Crippen molar-refractivity contribution in [2.45, 2.75) is 74.6 Å². The van der Waals surface area contributed by atoms with Crippen LogP contribution >= 0.6 is 22.6 Å². The van der Waals surface area contributed by atoms with Gasteiger partial charge in [-0.3, -0.25) is 0 Å². The smallest absolute Gasteiger partial charge is 0.156 e. The van der Waals surface area contributed by atoms with Gasteiger partial charge < -0.3 is 9.84 Å². The third-order valence-corrected chi connectivity index (χ3v) is 3.65. The van der Waals surface area contributed by atoms with Crippen LogP contribution in [0.1, 0.15) is 59.3 Å². The van der Waals surface area contributed by atoms with Gasteiger partial charge in [0.05, 0.1) is 5.60 Å². The highest BCUT2D eigenvalue weighted by Gasteiger charge is 2.36. The van der Waals surface area contributed by atoms with E-state index in [2.05, 4.69) is 43.4 Å². The van der Waals surface area contributed by atoms with Crippen LogP contribution in [0.15, 0.2) is 0 Å². The van der Waals surface area contributed by atoms with Crippen molar-refractivity contribution in [3.05, 3.63) is 0 Å². The molecule has 0 aromatic carbocycles. The Hall–Kier alpha value is 0.650. The number of hydrogen-bond donors (Lipinski definition) is 1. The summed E-state index contributed by atoms with van der Waals surface area (Å²) in [6.45, 7) is 6.40. The molecule has 0 heterocycles. The van der Waals surface area contributed by atoms with Gasteiger partial charge in [-0.25, -0.2) is 0 Å². The van der Waals surface area contributed by atoms with Crippen molar-refractivity contribution in [1.29, 1.82) is 0 Å². The SMILES string of the molecule is CCC1(OC(O)CC(C)(C)I)CCCC1. The molecule has 1 unspecified atom stereocenters. The van der Waals surface area contributed by atoms with Crippen LogP contribution in [0.5, 0.6) is 0 Å². The molecule has 0 bridgehead atoms. The highest BCUT2D eigenvalue weighted by atomic mass is 127. The zero-order valence-corrected chi connectivity index (χ0v) is 12.2. The molecule has 1 N–H and O–H groups in total. The monoisotopic (exact) mass is 326 g/mol. The van der Waals surface area contributed by atoms with Gasteiger partial charge in [0.15, 0.2) is 6.29 Å². The zero-order chi connectivity index (χ0) is 11.5. The maximum atomic E-state index is 9.91. The maximum Gasteiger partial charge on any atom is 0.156 e. The quantitative estimate of drug-likeness (QED) is 0.475. The van der Waals surface area contributed by atoms with Gasteiger partial charge in [0.1, 0.15) is 0 Å². The second-order valence-corrected chi connectivity index (χ2v) is 8.16. The van der Waals surface area contributed by atoms with Gasteiger partial charge in [-0.15, -0.1) is 0 Å². The predicted molar refractivity (Wildman–Crippen MR) is 71.3 cm³/mol. The Morgan fingerprint density at radius 2 is 1.93 bits per heavy atom. The lowest BCUT2D eigenvalue weighted by molar-refractivity contribution is -0.188. The van der Waals surface area contributed by atoms with E-state index in [0.29, 0.717) is 6.42 Å². The number of ether oxygens (including phenoxy) is 1. The minimum atomic E-state index is -0.602. The number of aliphatic hydroxyl groups is 1. The first-order chi connectivity index (χ1) is 6.87. The number of alkyl halides is 1. The van der Waals surface area contributed by atoms with Gasteiger partial charge in [0, 0.05) is 9.84 Å². The molecule has 0 spiro atoms. The van der Waals surface area contributed by atoms with Gasteiger partial charge in [-0.2, -0.15) is 0 Å². The van der Waals surface area contributed by atoms with E-state index >= 15 is 0 Å². The Labute approximate surface area is 107 Å². The normalized spacial score (nSPS) is 23.0. The first-order valence-corrected chi connectivity index (χ1v) is 7.00. The molecule has 2 nitrogen and oxygen atoms in total. The molecule has 0 aromatic heterocycles. The average molecular weight is 326 g/mol. The first kappa shape index (κ1) is 13.7. The molecule has 1 saturated carbocycles. The Morgan fingerprint density at radius 3 is 2.33 bits per heavy atom. The molecule has 0 aliphatic heterocycles. The van der Waals surface area contributed by atoms with Crippen LogP contribution in [0.2, 0.25) is 0 Å². The standard InChI is InChI=1S/C12H23IO2/c1-4-12(7-5-6-8-12)15-10(14)9-11(2,3)13/h10,14H,4-9H2,1-3H3. The maximum absolute atomic E-state index is 9.91. The van der Waals surface area contributed by atoms with Gasteiger partial charge >= 0.3 is 0 Å². The summed E-state index contributed by atoms with van der Waals surface area (Å²) in [6.07, 6.45) is 5.84. The number of aliphatic hydroxyl groups excluding tert-OH is 1. The summed E-state index contributed by atoms with van der Waals surface area (Å²) in [6, 6.07) is 0. The van der Waals surface area contributed by atoms with E-state index in [1.165, 1.54) is 12.8 Å². The average Bonchev–Trinajstić information content (AvgIpc) is 2.50. The summed E-state index contributed by atoms with van der Waals surface area (Å²) in [5, 5.41) is 9.91. The largest absolute Gasteiger partial charge is 0.368 e. The van der Waals surface area contributed by atoms with Gasteiger partial charge in [-0.1, -0.05) is 56.2 Å². The van der Waals surface area contributed by atoms with Crippen LogP contribution in [-0.4, -0.2) is 20.4 Å². The van der Waals surface area contributed by atoms with Crippen LogP contribution in [-0.2, 0) is 4.74 Å². The van der Waals surface area contributed by atoms with Crippen LogP contribution in [0.4, 0.5) is 0 Å². The minimum absolute atomic E-state index is 0.0265. The van der Waals surface area contributed by atoms with E-state index in [0.717, 1.165) is 19.3 Å². The molecule has 15 heavy (non-hydrogen) atoms. The molecule has 0 aromatic rings. The fraction of sp³-hybridized carbons (Fsp3) is 1.00. The Kier molecular flexibility index (Phi) is 4.86. The third-order valence-electron chi connectivity index (χ3n) is 3.21. The van der Waals surface area contributed by atoms with Crippen molar-refractivity contribution >= 4 is 22.6 Å². The Bertz CT molecular complexity index is 192. The zero-order valence-electron chi connectivity index (χ0n) is 10.1. The van der Waals surface area contributed by atoms with Crippen LogP contribution in [0, 0.1) is 0 Å². The molecule has 1 rings (SSSR count). The summed E-state index contributed by atoms with van der Waals surface area (Å²) in [7, 11) is 0. The summed E-state index contributed by atoms with van der Waals surface area (Å²) >= 11 is 2.36. The molecule has 0 radical (unpaired) electrons. The predicted octanol–water partition coefficient (Wildman–Crippen LogP) is 3.65. The minimum Gasteiger partial charge on any atom is -0.368 e. The van der Waals surface area contributed by atoms with E-state index in [9.17, 15) is 5.11 Å². The second-order valence-electron chi connectivity index (χ2n) is 5.24. The molecular formula is C12H23IO2. The molecule has 1 fully saturated rings. The Balaban J connectivity index is 2.45. The van der Waals surface area contributed by atoms with Gasteiger partial charge in [-0.05, 0) is 19.3 Å². The van der Waals surface area contributed by atoms with E-state index in [1.807, 2.05) is 0 Å². The topological polar surface area (TPSA) is 29.5 Å². The third kappa shape index (κ3) is 4.57. The fourth-order valence-corrected chi connectivity index (χ4v) is 2.70. The lowest BCUT2D eigenvalue weighted by Crippen LogP contribution is -2.35. The second kappa shape index (κ2) is 5.32. The van der Waals surface area contributed by atoms with E-state index in [-0.39, 0.29) is 9.02 Å². The first-order valence-electron chi connectivity index (χ1n) is 5.92. The van der Waals surface area contributed by atoms with Crippen LogP contribution in [0.3, 0.4) is 0 Å². The van der Waals surface area contributed by atoms with Crippen molar-refractivity contribution in [2.24, 2.45) is 0 Å². The van der Waals surface area contributed by atoms with Crippen molar-refractivity contribution < 1.29 is 9.84 Å². The van der Waals surface area contributed by atoms with Gasteiger partial charge in [0.25, 0.3) is 0 Å². The van der Waals surface area contributed by atoms with Crippen molar-refractivity contribution in [3.8, 4) is 0 Å². The Morgan fingerprint density at radius 1 is 1.40 bits per heavy atom. The number of hydrogen-bond acceptors (Lipinski definition) is 2. The molecule has 3 heteroatoms. The van der Waals surface area contributed by atoms with E-state index in [1.54, 1.807) is 0 Å². The summed E-state index contributed by atoms with van der Waals surface area (Å²) in [5.41, 5.74) is -0.0265. The summed E-state index contributed by atoms with van der Waals surface area (Å²) < 4.78 is 5.98. The van der Waals surface area contributed by atoms with Gasteiger partial charge in [0.2, 0.25) is 0 Å². The summed E-state index contributed by atoms with van der Waals surface area (Å²) in [5.74, 6) is 0. The number of halogens is 1. The van der Waals surface area contributed by atoms with Crippen molar-refractivity contribution in [1.82, 2.24) is 0 Å². The highest BCUT2D eigenvalue weighted by Crippen LogP contribution is 2.38. The molecular weight excluding hydrogens is 303 g/mol. The molecule has 0 saturated heterocycles. The molecule has 90 valence electrons. The fourth-order valence-electron chi connectivity index (χ4n) is 2.32. The summed E-state index contributed by atoms with van der Waals surface area (Å²) in [4.78, 5) is 0. The molecule has 1 aliphatic carbocycles. The lowest BCUT2D eigenvalue weighted by Gasteiger charge is -2.32. The van der Waals surface area contributed by atoms with Crippen molar-refractivity contribution in [2.75, 3.05) is 0 Å². The highest BCUT2D eigenvalue weighted by molar-refractivity contribution is 14.1. The number of rotatable bonds is 5.